The summed E-state index contributed by atoms with van der Waals surface area (Å²) in [5.74, 6) is -1.05. The van der Waals surface area contributed by atoms with Crippen LogP contribution in [0, 0.1) is 11.3 Å². The maximum absolute atomic E-state index is 12.1. The van der Waals surface area contributed by atoms with Crippen LogP contribution in [0.3, 0.4) is 0 Å². The number of hydrogen-bond donors (Lipinski definition) is 2. The lowest BCUT2D eigenvalue weighted by Gasteiger charge is -2.13. The molecule has 2 unspecified atom stereocenters. The monoisotopic (exact) mass is 310 g/mol. The standard InChI is InChI=1S/C13H14N2O5S/c14-7-9-3-1-2-4-12(9)21(18,19)15-8-10-5-6-11(20-10)13(16)17/h1-4,10-11,15H,5-6,8H2,(H,16,17). The van der Waals surface area contributed by atoms with E-state index < -0.39 is 28.2 Å². The summed E-state index contributed by atoms with van der Waals surface area (Å²) in [5, 5.41) is 17.7. The van der Waals surface area contributed by atoms with Gasteiger partial charge in [0.25, 0.3) is 0 Å². The van der Waals surface area contributed by atoms with E-state index >= 15 is 0 Å². The predicted octanol–water partition coefficient (Wildman–Crippen LogP) is 0.469. The van der Waals surface area contributed by atoms with E-state index in [0.29, 0.717) is 12.8 Å². The summed E-state index contributed by atoms with van der Waals surface area (Å²) < 4.78 is 31.9. The molecule has 0 saturated carbocycles. The van der Waals surface area contributed by atoms with Crippen molar-refractivity contribution in [3.8, 4) is 6.07 Å². The summed E-state index contributed by atoms with van der Waals surface area (Å²) in [4.78, 5) is 10.7. The number of nitriles is 1. The number of benzene rings is 1. The second kappa shape index (κ2) is 6.22. The fourth-order valence-corrected chi connectivity index (χ4v) is 3.33. The molecule has 1 aliphatic rings. The van der Waals surface area contributed by atoms with Crippen molar-refractivity contribution in [3.63, 3.8) is 0 Å². The minimum absolute atomic E-state index is 0.0219. The molecule has 1 aliphatic heterocycles. The first kappa shape index (κ1) is 15.4. The van der Waals surface area contributed by atoms with E-state index in [2.05, 4.69) is 4.72 Å². The van der Waals surface area contributed by atoms with Crippen LogP contribution in [0.25, 0.3) is 0 Å². The van der Waals surface area contributed by atoms with Gasteiger partial charge in [-0.25, -0.2) is 17.9 Å². The minimum atomic E-state index is -3.83. The number of sulfonamides is 1. The van der Waals surface area contributed by atoms with Gasteiger partial charge in [0.1, 0.15) is 6.07 Å². The Morgan fingerprint density at radius 1 is 1.43 bits per heavy atom. The molecule has 2 N–H and O–H groups in total. The highest BCUT2D eigenvalue weighted by molar-refractivity contribution is 7.89. The number of carboxylic acid groups (broad SMARTS) is 1. The molecule has 8 heteroatoms. The van der Waals surface area contributed by atoms with Crippen molar-refractivity contribution in [1.82, 2.24) is 4.72 Å². The smallest absolute Gasteiger partial charge is 0.332 e. The molecule has 0 spiro atoms. The highest BCUT2D eigenvalue weighted by atomic mass is 32.2. The molecule has 1 heterocycles. The third-order valence-electron chi connectivity index (χ3n) is 3.18. The van der Waals surface area contributed by atoms with Crippen LogP contribution in [-0.2, 0) is 19.6 Å². The number of carbonyl (C=O) groups is 1. The van der Waals surface area contributed by atoms with Crippen molar-refractivity contribution in [2.45, 2.75) is 29.9 Å². The Labute approximate surface area is 122 Å². The number of ether oxygens (including phenoxy) is 1. The van der Waals surface area contributed by atoms with Crippen LogP contribution in [0.2, 0.25) is 0 Å². The Bertz CT molecular complexity index is 680. The van der Waals surface area contributed by atoms with Crippen LogP contribution in [0.1, 0.15) is 18.4 Å². The number of carboxylic acids is 1. The first-order valence-corrected chi connectivity index (χ1v) is 7.79. The van der Waals surface area contributed by atoms with Gasteiger partial charge < -0.3 is 9.84 Å². The summed E-state index contributed by atoms with van der Waals surface area (Å²) in [6, 6.07) is 7.69. The number of rotatable bonds is 5. The summed E-state index contributed by atoms with van der Waals surface area (Å²) >= 11 is 0. The lowest BCUT2D eigenvalue weighted by Crippen LogP contribution is -2.33. The molecule has 112 valence electrons. The van der Waals surface area contributed by atoms with Crippen molar-refractivity contribution >= 4 is 16.0 Å². The molecule has 21 heavy (non-hydrogen) atoms. The Kier molecular flexibility index (Phi) is 4.57. The summed E-state index contributed by atoms with van der Waals surface area (Å²) in [6.45, 7) is -0.0219. The summed E-state index contributed by atoms with van der Waals surface area (Å²) in [5.41, 5.74) is 0.0563. The topological polar surface area (TPSA) is 116 Å². The molecule has 0 bridgehead atoms. The zero-order valence-corrected chi connectivity index (χ0v) is 11.8. The van der Waals surface area contributed by atoms with Crippen LogP contribution in [-0.4, -0.2) is 38.2 Å². The minimum Gasteiger partial charge on any atom is -0.479 e. The lowest BCUT2D eigenvalue weighted by molar-refractivity contribution is -0.149. The van der Waals surface area contributed by atoms with E-state index in [1.54, 1.807) is 6.07 Å². The molecule has 0 amide bonds. The fraction of sp³-hybridized carbons (Fsp3) is 0.385. The largest absolute Gasteiger partial charge is 0.479 e. The van der Waals surface area contributed by atoms with Crippen molar-refractivity contribution in [3.05, 3.63) is 29.8 Å². The van der Waals surface area contributed by atoms with Gasteiger partial charge in [0.15, 0.2) is 6.10 Å². The summed E-state index contributed by atoms with van der Waals surface area (Å²) in [7, 11) is -3.83. The number of aliphatic carboxylic acids is 1. The quantitative estimate of drug-likeness (QED) is 0.816. The van der Waals surface area contributed by atoms with Crippen LogP contribution in [0.15, 0.2) is 29.2 Å². The van der Waals surface area contributed by atoms with Crippen molar-refractivity contribution < 1.29 is 23.1 Å². The normalized spacial score (nSPS) is 21.9. The van der Waals surface area contributed by atoms with Crippen LogP contribution in [0.5, 0.6) is 0 Å². The van der Waals surface area contributed by atoms with Gasteiger partial charge in [0.05, 0.1) is 16.6 Å². The molecule has 1 saturated heterocycles. The predicted molar refractivity (Wildman–Crippen MR) is 71.9 cm³/mol. The van der Waals surface area contributed by atoms with Crippen molar-refractivity contribution in [2.75, 3.05) is 6.54 Å². The molecule has 1 aromatic rings. The zero-order valence-electron chi connectivity index (χ0n) is 11.0. The number of nitrogens with one attached hydrogen (secondary N) is 1. The Hall–Kier alpha value is -1.95. The Morgan fingerprint density at radius 3 is 2.76 bits per heavy atom. The molecular formula is C13H14N2O5S. The molecule has 0 aromatic heterocycles. The van der Waals surface area contributed by atoms with E-state index in [0.717, 1.165) is 0 Å². The zero-order chi connectivity index (χ0) is 15.5. The van der Waals surface area contributed by atoms with Gasteiger partial charge in [-0.3, -0.25) is 0 Å². The van der Waals surface area contributed by atoms with Gasteiger partial charge in [-0.15, -0.1) is 0 Å². The van der Waals surface area contributed by atoms with Crippen molar-refractivity contribution in [1.29, 1.82) is 5.26 Å². The fourth-order valence-electron chi connectivity index (χ4n) is 2.11. The molecular weight excluding hydrogens is 296 g/mol. The highest BCUT2D eigenvalue weighted by Crippen LogP contribution is 2.20. The van der Waals surface area contributed by atoms with Crippen LogP contribution >= 0.6 is 0 Å². The first-order chi connectivity index (χ1) is 9.94. The maximum atomic E-state index is 12.1. The van der Waals surface area contributed by atoms with Crippen LogP contribution < -0.4 is 4.72 Å². The summed E-state index contributed by atoms with van der Waals surface area (Å²) in [6.07, 6.45) is -0.531. The van der Waals surface area contributed by atoms with Gasteiger partial charge in [-0.1, -0.05) is 12.1 Å². The van der Waals surface area contributed by atoms with Gasteiger partial charge in [-0.2, -0.15) is 5.26 Å². The average Bonchev–Trinajstić information content (AvgIpc) is 2.94. The molecule has 2 atom stereocenters. The maximum Gasteiger partial charge on any atom is 0.332 e. The molecule has 1 aromatic carbocycles. The molecule has 7 nitrogen and oxygen atoms in total. The van der Waals surface area contributed by atoms with E-state index in [1.807, 2.05) is 6.07 Å². The SMILES string of the molecule is N#Cc1ccccc1S(=O)(=O)NCC1CCC(C(=O)O)O1. The van der Waals surface area contributed by atoms with Gasteiger partial charge in [0.2, 0.25) is 10.0 Å². The van der Waals surface area contributed by atoms with E-state index in [1.165, 1.54) is 18.2 Å². The molecule has 0 aliphatic carbocycles. The Morgan fingerprint density at radius 2 is 2.14 bits per heavy atom. The number of nitrogens with zero attached hydrogens (tertiary/aromatic N) is 1. The van der Waals surface area contributed by atoms with Gasteiger partial charge >= 0.3 is 5.97 Å². The van der Waals surface area contributed by atoms with Crippen LogP contribution in [0.4, 0.5) is 0 Å². The third-order valence-corrected chi connectivity index (χ3v) is 4.66. The van der Waals surface area contributed by atoms with Crippen molar-refractivity contribution in [2.24, 2.45) is 0 Å². The Balaban J connectivity index is 2.03. The number of hydrogen-bond acceptors (Lipinski definition) is 5. The molecule has 2 rings (SSSR count). The van der Waals surface area contributed by atoms with E-state index in [4.69, 9.17) is 15.1 Å². The lowest BCUT2D eigenvalue weighted by atomic mass is 10.2. The molecule has 1 fully saturated rings. The van der Waals surface area contributed by atoms with E-state index in [-0.39, 0.29) is 17.0 Å². The first-order valence-electron chi connectivity index (χ1n) is 6.31. The third kappa shape index (κ3) is 3.58. The van der Waals surface area contributed by atoms with Gasteiger partial charge in [-0.05, 0) is 25.0 Å². The highest BCUT2D eigenvalue weighted by Gasteiger charge is 2.31. The second-order valence-electron chi connectivity index (χ2n) is 4.62. The average molecular weight is 310 g/mol. The molecule has 0 radical (unpaired) electrons. The second-order valence-corrected chi connectivity index (χ2v) is 6.36. The van der Waals surface area contributed by atoms with E-state index in [9.17, 15) is 13.2 Å². The van der Waals surface area contributed by atoms with Gasteiger partial charge in [0, 0.05) is 6.54 Å².